The maximum atomic E-state index is 3.62. The Kier molecular flexibility index (Phi) is 6.45. The number of rotatable bonds is 6. The van der Waals surface area contributed by atoms with Gasteiger partial charge in [-0.1, -0.05) is 20.3 Å². The molecule has 0 radical (unpaired) electrons. The molecule has 3 nitrogen and oxygen atoms in total. The first-order chi connectivity index (χ1) is 8.08. The lowest BCUT2D eigenvalue weighted by Crippen LogP contribution is -2.57. The second-order valence-corrected chi connectivity index (χ2v) is 5.63. The Labute approximate surface area is 108 Å². The van der Waals surface area contributed by atoms with Crippen molar-refractivity contribution >= 4 is 0 Å². The smallest absolute Gasteiger partial charge is 0.0195 e. The summed E-state index contributed by atoms with van der Waals surface area (Å²) in [7, 11) is 2.25. The van der Waals surface area contributed by atoms with Gasteiger partial charge in [0, 0.05) is 37.8 Å². The monoisotopic (exact) mass is 241 g/mol. The van der Waals surface area contributed by atoms with Gasteiger partial charge in [-0.3, -0.25) is 9.80 Å². The van der Waals surface area contributed by atoms with E-state index < -0.39 is 0 Å². The van der Waals surface area contributed by atoms with E-state index in [-0.39, 0.29) is 0 Å². The first-order valence-corrected chi connectivity index (χ1v) is 7.26. The predicted octanol–water partition coefficient (Wildman–Crippen LogP) is 1.79. The van der Waals surface area contributed by atoms with Gasteiger partial charge in [0.25, 0.3) is 0 Å². The standard InChI is InChI=1S/C14H31N3/c1-6-8-14(15-7-2)11-17-9-12(3)16(5)13(4)10-17/h12-15H,6-11H2,1-5H3. The van der Waals surface area contributed by atoms with Crippen LogP contribution in [0.15, 0.2) is 0 Å². The Morgan fingerprint density at radius 1 is 1.18 bits per heavy atom. The third kappa shape index (κ3) is 4.57. The third-order valence-corrected chi connectivity index (χ3v) is 4.04. The number of nitrogens with one attached hydrogen (secondary N) is 1. The zero-order chi connectivity index (χ0) is 12.8. The van der Waals surface area contributed by atoms with Crippen LogP contribution in [-0.2, 0) is 0 Å². The molecule has 0 saturated carbocycles. The highest BCUT2D eigenvalue weighted by atomic mass is 15.3. The normalized spacial score (nSPS) is 29.5. The van der Waals surface area contributed by atoms with Gasteiger partial charge in [-0.25, -0.2) is 0 Å². The van der Waals surface area contributed by atoms with Crippen LogP contribution in [0.4, 0.5) is 0 Å². The third-order valence-electron chi connectivity index (χ3n) is 4.04. The molecule has 3 heteroatoms. The van der Waals surface area contributed by atoms with Crippen LogP contribution >= 0.6 is 0 Å². The minimum Gasteiger partial charge on any atom is -0.313 e. The summed E-state index contributed by atoms with van der Waals surface area (Å²) in [5, 5.41) is 3.62. The van der Waals surface area contributed by atoms with Crippen molar-refractivity contribution in [2.24, 2.45) is 0 Å². The van der Waals surface area contributed by atoms with Crippen molar-refractivity contribution < 1.29 is 0 Å². The van der Waals surface area contributed by atoms with Crippen LogP contribution in [-0.4, -0.2) is 61.2 Å². The molecule has 0 aliphatic carbocycles. The summed E-state index contributed by atoms with van der Waals surface area (Å²) in [6, 6.07) is 2.04. The SMILES string of the molecule is CCCC(CN1CC(C)N(C)C(C)C1)NCC. The van der Waals surface area contributed by atoms with E-state index in [0.717, 1.165) is 6.54 Å². The Hall–Kier alpha value is -0.120. The Morgan fingerprint density at radius 2 is 1.76 bits per heavy atom. The molecule has 102 valence electrons. The van der Waals surface area contributed by atoms with Crippen LogP contribution in [0.25, 0.3) is 0 Å². The number of likely N-dealkylation sites (N-methyl/N-ethyl adjacent to an activating group) is 2. The lowest BCUT2D eigenvalue weighted by Gasteiger charge is -2.43. The Morgan fingerprint density at radius 3 is 2.24 bits per heavy atom. The first-order valence-electron chi connectivity index (χ1n) is 7.26. The molecule has 1 aliphatic rings. The van der Waals surface area contributed by atoms with Crippen LogP contribution in [0.1, 0.15) is 40.5 Å². The summed E-state index contributed by atoms with van der Waals surface area (Å²) < 4.78 is 0. The van der Waals surface area contributed by atoms with Gasteiger partial charge in [0.05, 0.1) is 0 Å². The first kappa shape index (κ1) is 14.9. The van der Waals surface area contributed by atoms with Crippen molar-refractivity contribution in [3.63, 3.8) is 0 Å². The van der Waals surface area contributed by atoms with Crippen molar-refractivity contribution in [1.82, 2.24) is 15.1 Å². The van der Waals surface area contributed by atoms with Crippen molar-refractivity contribution in [3.05, 3.63) is 0 Å². The van der Waals surface area contributed by atoms with E-state index >= 15 is 0 Å². The fourth-order valence-corrected chi connectivity index (χ4v) is 2.87. The van der Waals surface area contributed by atoms with Gasteiger partial charge in [0.2, 0.25) is 0 Å². The molecule has 3 unspecified atom stereocenters. The van der Waals surface area contributed by atoms with E-state index in [0.29, 0.717) is 18.1 Å². The molecule has 0 aromatic heterocycles. The molecule has 1 rings (SSSR count). The minimum atomic E-state index is 0.674. The fraction of sp³-hybridized carbons (Fsp3) is 1.00. The molecule has 0 aromatic carbocycles. The van der Waals surface area contributed by atoms with Crippen LogP contribution < -0.4 is 5.32 Å². The summed E-state index contributed by atoms with van der Waals surface area (Å²) in [5.41, 5.74) is 0. The molecule has 0 spiro atoms. The number of hydrogen-bond donors (Lipinski definition) is 1. The molecule has 1 aliphatic heterocycles. The molecular formula is C14H31N3. The fourth-order valence-electron chi connectivity index (χ4n) is 2.87. The van der Waals surface area contributed by atoms with Crippen molar-refractivity contribution in [2.45, 2.75) is 58.7 Å². The zero-order valence-corrected chi connectivity index (χ0v) is 12.4. The molecule has 17 heavy (non-hydrogen) atoms. The van der Waals surface area contributed by atoms with Gasteiger partial charge in [0.1, 0.15) is 0 Å². The lowest BCUT2D eigenvalue weighted by atomic mass is 10.1. The molecule has 0 aromatic rings. The van der Waals surface area contributed by atoms with E-state index in [1.165, 1.54) is 32.5 Å². The number of nitrogens with zero attached hydrogens (tertiary/aromatic N) is 2. The van der Waals surface area contributed by atoms with Crippen molar-refractivity contribution in [1.29, 1.82) is 0 Å². The van der Waals surface area contributed by atoms with Crippen molar-refractivity contribution in [3.8, 4) is 0 Å². The van der Waals surface area contributed by atoms with E-state index in [1.807, 2.05) is 0 Å². The lowest BCUT2D eigenvalue weighted by molar-refractivity contribution is 0.0538. The Balaban J connectivity index is 2.44. The molecule has 0 bridgehead atoms. The van der Waals surface area contributed by atoms with Gasteiger partial charge in [-0.15, -0.1) is 0 Å². The highest BCUT2D eigenvalue weighted by molar-refractivity contribution is 4.84. The van der Waals surface area contributed by atoms with Crippen LogP contribution in [0.3, 0.4) is 0 Å². The second-order valence-electron chi connectivity index (χ2n) is 5.63. The van der Waals surface area contributed by atoms with Gasteiger partial charge in [-0.2, -0.15) is 0 Å². The molecule has 3 atom stereocenters. The summed E-state index contributed by atoms with van der Waals surface area (Å²) in [6.45, 7) is 13.9. The van der Waals surface area contributed by atoms with E-state index in [9.17, 15) is 0 Å². The van der Waals surface area contributed by atoms with Gasteiger partial charge in [-0.05, 0) is 33.9 Å². The maximum Gasteiger partial charge on any atom is 0.0195 e. The topological polar surface area (TPSA) is 18.5 Å². The average molecular weight is 241 g/mol. The molecule has 1 saturated heterocycles. The van der Waals surface area contributed by atoms with E-state index in [2.05, 4.69) is 49.9 Å². The summed E-state index contributed by atoms with van der Waals surface area (Å²) in [5.74, 6) is 0. The molecule has 0 amide bonds. The van der Waals surface area contributed by atoms with Crippen molar-refractivity contribution in [2.75, 3.05) is 33.2 Å². The quantitative estimate of drug-likeness (QED) is 0.765. The van der Waals surface area contributed by atoms with Gasteiger partial charge in [0.15, 0.2) is 0 Å². The summed E-state index contributed by atoms with van der Waals surface area (Å²) in [4.78, 5) is 5.14. The van der Waals surface area contributed by atoms with Crippen LogP contribution in [0.5, 0.6) is 0 Å². The van der Waals surface area contributed by atoms with E-state index in [4.69, 9.17) is 0 Å². The molecule has 1 fully saturated rings. The van der Waals surface area contributed by atoms with Crippen LogP contribution in [0, 0.1) is 0 Å². The Bertz CT molecular complexity index is 190. The highest BCUT2D eigenvalue weighted by Crippen LogP contribution is 2.14. The number of hydrogen-bond acceptors (Lipinski definition) is 3. The largest absolute Gasteiger partial charge is 0.313 e. The summed E-state index contributed by atoms with van der Waals surface area (Å²) in [6.07, 6.45) is 2.57. The molecular weight excluding hydrogens is 210 g/mol. The highest BCUT2D eigenvalue weighted by Gasteiger charge is 2.27. The molecule has 1 N–H and O–H groups in total. The van der Waals surface area contributed by atoms with Crippen LogP contribution in [0.2, 0.25) is 0 Å². The summed E-state index contributed by atoms with van der Waals surface area (Å²) >= 11 is 0. The molecule has 1 heterocycles. The van der Waals surface area contributed by atoms with E-state index in [1.54, 1.807) is 0 Å². The minimum absolute atomic E-state index is 0.674. The zero-order valence-electron chi connectivity index (χ0n) is 12.4. The predicted molar refractivity (Wildman–Crippen MR) is 75.5 cm³/mol. The number of piperazine rings is 1. The van der Waals surface area contributed by atoms with Gasteiger partial charge >= 0.3 is 0 Å². The van der Waals surface area contributed by atoms with Gasteiger partial charge < -0.3 is 5.32 Å². The maximum absolute atomic E-state index is 3.62. The average Bonchev–Trinajstić information content (AvgIpc) is 2.26. The second kappa shape index (κ2) is 7.34.